The first-order chi connectivity index (χ1) is 15.7. The molecule has 0 unspecified atom stereocenters. The molecule has 32 heavy (non-hydrogen) atoms. The van der Waals surface area contributed by atoms with Gasteiger partial charge < -0.3 is 9.47 Å². The molecule has 0 fully saturated rings. The summed E-state index contributed by atoms with van der Waals surface area (Å²) in [4.78, 5) is 5.01. The van der Waals surface area contributed by atoms with E-state index in [1.54, 1.807) is 24.3 Å². The molecule has 1 aliphatic rings. The van der Waals surface area contributed by atoms with Crippen LogP contribution in [0.3, 0.4) is 0 Å². The van der Waals surface area contributed by atoms with Gasteiger partial charge in [-0.3, -0.25) is 0 Å². The van der Waals surface area contributed by atoms with Crippen LogP contribution < -0.4 is 9.47 Å². The summed E-state index contributed by atoms with van der Waals surface area (Å²) < 4.78 is 25.2. The van der Waals surface area contributed by atoms with Crippen molar-refractivity contribution in [3.05, 3.63) is 126 Å². The number of nitrogens with zero attached hydrogens (tertiary/aromatic N) is 1. The van der Waals surface area contributed by atoms with E-state index in [0.29, 0.717) is 19.0 Å². The van der Waals surface area contributed by atoms with Gasteiger partial charge in [-0.2, -0.15) is 0 Å². The highest BCUT2D eigenvalue weighted by molar-refractivity contribution is 6.15. The van der Waals surface area contributed by atoms with Crippen molar-refractivity contribution in [1.29, 1.82) is 0 Å². The molecule has 4 heteroatoms. The van der Waals surface area contributed by atoms with Crippen LogP contribution in [0.2, 0.25) is 0 Å². The van der Waals surface area contributed by atoms with Crippen molar-refractivity contribution in [3.63, 3.8) is 0 Å². The summed E-state index contributed by atoms with van der Waals surface area (Å²) in [5.74, 6) is 0.947. The SMILES string of the molecule is C=C/C=C(\C=C)C(=Nc1cc(COc2cccc(F)c2)cc2c1OCC2)c1ccccc1. The average Bonchev–Trinajstić information content (AvgIpc) is 3.29. The van der Waals surface area contributed by atoms with Crippen LogP contribution in [0.1, 0.15) is 16.7 Å². The molecule has 0 bridgehead atoms. The van der Waals surface area contributed by atoms with E-state index in [1.165, 1.54) is 12.1 Å². The van der Waals surface area contributed by atoms with Gasteiger partial charge in [-0.05, 0) is 29.8 Å². The maximum absolute atomic E-state index is 13.5. The summed E-state index contributed by atoms with van der Waals surface area (Å²) in [6, 6.07) is 20.1. The van der Waals surface area contributed by atoms with Crippen LogP contribution in [0, 0.1) is 5.82 Å². The second-order valence-electron chi connectivity index (χ2n) is 7.34. The van der Waals surface area contributed by atoms with E-state index < -0.39 is 0 Å². The van der Waals surface area contributed by atoms with Crippen LogP contribution in [0.25, 0.3) is 0 Å². The highest BCUT2D eigenvalue weighted by atomic mass is 19.1. The van der Waals surface area contributed by atoms with Gasteiger partial charge in [-0.25, -0.2) is 9.38 Å². The molecule has 0 saturated carbocycles. The van der Waals surface area contributed by atoms with Gasteiger partial charge in [0.25, 0.3) is 0 Å². The molecule has 160 valence electrons. The number of halogens is 1. The highest BCUT2D eigenvalue weighted by Gasteiger charge is 2.19. The van der Waals surface area contributed by atoms with Crippen molar-refractivity contribution in [3.8, 4) is 11.5 Å². The standard InChI is InChI=1S/C28H24FNO2/c1-3-9-21(4-2)27(22-10-6-5-7-11-22)30-26-17-20(16-23-14-15-31-28(23)26)19-32-25-13-8-12-24(29)18-25/h3-13,16-18H,1-2,14-15,19H2/b21-9+,30-27?. The van der Waals surface area contributed by atoms with E-state index in [1.807, 2.05) is 42.5 Å². The number of aliphatic imine (C=N–C) groups is 1. The maximum Gasteiger partial charge on any atom is 0.148 e. The third-order valence-corrected chi connectivity index (χ3v) is 5.10. The van der Waals surface area contributed by atoms with E-state index in [0.717, 1.165) is 45.8 Å². The molecule has 0 spiro atoms. The zero-order chi connectivity index (χ0) is 22.3. The van der Waals surface area contributed by atoms with Gasteiger partial charge >= 0.3 is 0 Å². The van der Waals surface area contributed by atoms with Crippen molar-refractivity contribution in [1.82, 2.24) is 0 Å². The van der Waals surface area contributed by atoms with Gasteiger partial charge in [0.2, 0.25) is 0 Å². The van der Waals surface area contributed by atoms with Crippen LogP contribution in [-0.2, 0) is 13.0 Å². The number of ether oxygens (including phenoxy) is 2. The molecule has 0 amide bonds. The molecule has 0 saturated heterocycles. The minimum Gasteiger partial charge on any atom is -0.491 e. The van der Waals surface area contributed by atoms with E-state index in [2.05, 4.69) is 19.2 Å². The van der Waals surface area contributed by atoms with E-state index in [9.17, 15) is 4.39 Å². The second kappa shape index (κ2) is 9.92. The lowest BCUT2D eigenvalue weighted by Crippen LogP contribution is -2.04. The van der Waals surface area contributed by atoms with Crippen molar-refractivity contribution < 1.29 is 13.9 Å². The molecule has 0 atom stereocenters. The molecule has 4 rings (SSSR count). The Morgan fingerprint density at radius 2 is 1.91 bits per heavy atom. The van der Waals surface area contributed by atoms with E-state index in [-0.39, 0.29) is 5.82 Å². The Kier molecular flexibility index (Phi) is 6.61. The number of benzene rings is 3. The Morgan fingerprint density at radius 1 is 1.06 bits per heavy atom. The lowest BCUT2D eigenvalue weighted by atomic mass is 10.0. The summed E-state index contributed by atoms with van der Waals surface area (Å²) in [6.07, 6.45) is 6.19. The number of hydrogen-bond acceptors (Lipinski definition) is 3. The molecular formula is C28H24FNO2. The molecule has 0 radical (unpaired) electrons. The monoisotopic (exact) mass is 425 g/mol. The molecule has 0 aliphatic carbocycles. The zero-order valence-electron chi connectivity index (χ0n) is 17.8. The summed E-state index contributed by atoms with van der Waals surface area (Å²) >= 11 is 0. The first-order valence-electron chi connectivity index (χ1n) is 10.4. The number of fused-ring (bicyclic) bond motifs is 1. The third kappa shape index (κ3) is 4.86. The molecule has 0 N–H and O–H groups in total. The minimum atomic E-state index is -0.325. The fourth-order valence-corrected chi connectivity index (χ4v) is 3.62. The van der Waals surface area contributed by atoms with E-state index in [4.69, 9.17) is 14.5 Å². The van der Waals surface area contributed by atoms with Gasteiger partial charge in [0.15, 0.2) is 0 Å². The number of rotatable bonds is 8. The number of allylic oxidation sites excluding steroid dienone is 4. The van der Waals surface area contributed by atoms with Crippen LogP contribution in [0.15, 0.2) is 109 Å². The fourth-order valence-electron chi connectivity index (χ4n) is 3.62. The van der Waals surface area contributed by atoms with Gasteiger partial charge in [-0.15, -0.1) is 0 Å². The predicted octanol–water partition coefficient (Wildman–Crippen LogP) is 6.76. The molecule has 0 aromatic heterocycles. The van der Waals surface area contributed by atoms with Gasteiger partial charge in [0.05, 0.1) is 12.3 Å². The van der Waals surface area contributed by atoms with Crippen LogP contribution >= 0.6 is 0 Å². The van der Waals surface area contributed by atoms with Crippen LogP contribution in [0.5, 0.6) is 11.5 Å². The Balaban J connectivity index is 1.75. The van der Waals surface area contributed by atoms with Gasteiger partial charge in [-0.1, -0.05) is 67.8 Å². The van der Waals surface area contributed by atoms with Crippen molar-refractivity contribution in [2.24, 2.45) is 4.99 Å². The molecule has 3 nitrogen and oxygen atoms in total. The van der Waals surface area contributed by atoms with Crippen molar-refractivity contribution >= 4 is 11.4 Å². The Morgan fingerprint density at radius 3 is 2.66 bits per heavy atom. The third-order valence-electron chi connectivity index (χ3n) is 5.10. The smallest absolute Gasteiger partial charge is 0.148 e. The Bertz CT molecular complexity index is 1200. The second-order valence-corrected chi connectivity index (χ2v) is 7.34. The molecule has 3 aromatic carbocycles. The van der Waals surface area contributed by atoms with Crippen molar-refractivity contribution in [2.45, 2.75) is 13.0 Å². The van der Waals surface area contributed by atoms with Crippen LogP contribution in [0.4, 0.5) is 10.1 Å². The normalized spacial score (nSPS) is 13.3. The first kappa shape index (κ1) is 21.3. The largest absolute Gasteiger partial charge is 0.491 e. The van der Waals surface area contributed by atoms with E-state index >= 15 is 0 Å². The molecule has 1 heterocycles. The Hall–Kier alpha value is -3.92. The summed E-state index contributed by atoms with van der Waals surface area (Å²) in [5.41, 5.74) is 5.37. The van der Waals surface area contributed by atoms with Gasteiger partial charge in [0, 0.05) is 29.2 Å². The molecule has 1 aliphatic heterocycles. The Labute approximate surface area is 187 Å². The molecule has 3 aromatic rings. The lowest BCUT2D eigenvalue weighted by Gasteiger charge is -2.13. The molecular weight excluding hydrogens is 401 g/mol. The number of hydrogen-bond donors (Lipinski definition) is 0. The quantitative estimate of drug-likeness (QED) is 0.295. The minimum absolute atomic E-state index is 0.302. The summed E-state index contributed by atoms with van der Waals surface area (Å²) in [7, 11) is 0. The van der Waals surface area contributed by atoms with Crippen molar-refractivity contribution in [2.75, 3.05) is 6.61 Å². The fraction of sp³-hybridized carbons (Fsp3) is 0.107. The topological polar surface area (TPSA) is 30.8 Å². The maximum atomic E-state index is 13.5. The average molecular weight is 426 g/mol. The zero-order valence-corrected chi connectivity index (χ0v) is 17.8. The first-order valence-corrected chi connectivity index (χ1v) is 10.4. The predicted molar refractivity (Wildman–Crippen MR) is 127 cm³/mol. The van der Waals surface area contributed by atoms with Gasteiger partial charge in [0.1, 0.15) is 29.6 Å². The van der Waals surface area contributed by atoms with Crippen LogP contribution in [-0.4, -0.2) is 12.3 Å². The highest BCUT2D eigenvalue weighted by Crippen LogP contribution is 2.38. The lowest BCUT2D eigenvalue weighted by molar-refractivity contribution is 0.304. The summed E-state index contributed by atoms with van der Waals surface area (Å²) in [5, 5.41) is 0. The summed E-state index contributed by atoms with van der Waals surface area (Å²) in [6.45, 7) is 8.68.